The lowest BCUT2D eigenvalue weighted by molar-refractivity contribution is -0.118. The van der Waals surface area contributed by atoms with E-state index < -0.39 is 0 Å². The van der Waals surface area contributed by atoms with Gasteiger partial charge in [-0.3, -0.25) is 14.3 Å². The highest BCUT2D eigenvalue weighted by atomic mass is 32.2. The number of thioether (sulfide) groups is 1. The van der Waals surface area contributed by atoms with E-state index in [-0.39, 0.29) is 11.7 Å². The SMILES string of the molecule is CCCCCOc1ccc(/C=N\NC(=O)CSc2nnc(-c3cccnc3)n2-c2ccc(OCC)cc2)cc1. The number of pyridine rings is 1. The molecule has 1 N–H and O–H groups in total. The molecule has 0 saturated carbocycles. The predicted octanol–water partition coefficient (Wildman–Crippen LogP) is 5.54. The van der Waals surface area contributed by atoms with Crippen LogP contribution in [0.2, 0.25) is 0 Å². The molecule has 0 aliphatic rings. The van der Waals surface area contributed by atoms with E-state index in [0.29, 0.717) is 24.2 Å². The van der Waals surface area contributed by atoms with Gasteiger partial charge in [0.15, 0.2) is 11.0 Å². The number of hydrogen-bond donors (Lipinski definition) is 1. The Hall–Kier alpha value is -4.18. The van der Waals surface area contributed by atoms with Crippen LogP contribution in [0.1, 0.15) is 38.7 Å². The minimum atomic E-state index is -0.253. The Morgan fingerprint density at radius 1 is 1.00 bits per heavy atom. The van der Waals surface area contributed by atoms with E-state index in [2.05, 4.69) is 32.6 Å². The van der Waals surface area contributed by atoms with Gasteiger partial charge in [0.2, 0.25) is 0 Å². The van der Waals surface area contributed by atoms with Gasteiger partial charge in [0.05, 0.1) is 25.2 Å². The molecule has 4 aromatic rings. The molecule has 9 nitrogen and oxygen atoms in total. The third-order valence-corrected chi connectivity index (χ3v) is 6.52. The number of rotatable bonds is 14. The first-order valence-corrected chi connectivity index (χ1v) is 13.9. The normalized spacial score (nSPS) is 11.0. The standard InChI is InChI=1S/C29H32N6O3S/c1-3-5-6-18-38-26-13-9-22(10-14-26)19-31-32-27(36)21-39-29-34-33-28(23-8-7-17-30-20-23)35(29)24-11-15-25(16-12-24)37-4-2/h7-17,19-20H,3-6,18,21H2,1-2H3,(H,32,36)/b31-19-. The van der Waals surface area contributed by atoms with Crippen LogP contribution in [0.3, 0.4) is 0 Å². The summed E-state index contributed by atoms with van der Waals surface area (Å²) in [4.78, 5) is 16.7. The summed E-state index contributed by atoms with van der Waals surface area (Å²) in [6, 6.07) is 19.0. The lowest BCUT2D eigenvalue weighted by Gasteiger charge is -2.11. The average Bonchev–Trinajstić information content (AvgIpc) is 3.40. The number of amides is 1. The first kappa shape index (κ1) is 27.8. The maximum absolute atomic E-state index is 12.5. The first-order valence-electron chi connectivity index (χ1n) is 12.9. The van der Waals surface area contributed by atoms with Crippen LogP contribution < -0.4 is 14.9 Å². The summed E-state index contributed by atoms with van der Waals surface area (Å²) >= 11 is 1.27. The average molecular weight is 545 g/mol. The molecule has 0 unspecified atom stereocenters. The van der Waals surface area contributed by atoms with Crippen LogP contribution in [0.25, 0.3) is 17.1 Å². The topological polar surface area (TPSA) is 104 Å². The van der Waals surface area contributed by atoms with Crippen molar-refractivity contribution >= 4 is 23.9 Å². The Morgan fingerprint density at radius 3 is 2.49 bits per heavy atom. The Morgan fingerprint density at radius 2 is 1.77 bits per heavy atom. The van der Waals surface area contributed by atoms with Gasteiger partial charge in [-0.05, 0) is 79.6 Å². The molecule has 202 valence electrons. The molecular formula is C29H32N6O3S. The monoisotopic (exact) mass is 544 g/mol. The third-order valence-electron chi connectivity index (χ3n) is 5.59. The summed E-state index contributed by atoms with van der Waals surface area (Å²) in [5.74, 6) is 2.09. The van der Waals surface area contributed by atoms with Crippen LogP contribution in [-0.4, -0.2) is 50.8 Å². The number of aromatic nitrogens is 4. The van der Waals surface area contributed by atoms with Crippen LogP contribution in [-0.2, 0) is 4.79 Å². The maximum atomic E-state index is 12.5. The number of nitrogens with zero attached hydrogens (tertiary/aromatic N) is 5. The zero-order chi connectivity index (χ0) is 27.3. The molecule has 0 fully saturated rings. The van der Waals surface area contributed by atoms with E-state index >= 15 is 0 Å². The lowest BCUT2D eigenvalue weighted by Crippen LogP contribution is -2.20. The molecule has 0 radical (unpaired) electrons. The van der Waals surface area contributed by atoms with E-state index in [4.69, 9.17) is 9.47 Å². The highest BCUT2D eigenvalue weighted by Crippen LogP contribution is 2.28. The van der Waals surface area contributed by atoms with E-state index in [1.54, 1.807) is 18.6 Å². The number of hydrazone groups is 1. The summed E-state index contributed by atoms with van der Waals surface area (Å²) in [6.07, 6.45) is 8.42. The van der Waals surface area contributed by atoms with Crippen molar-refractivity contribution < 1.29 is 14.3 Å². The van der Waals surface area contributed by atoms with Crippen molar-refractivity contribution in [3.05, 3.63) is 78.6 Å². The van der Waals surface area contributed by atoms with Crippen LogP contribution in [0.4, 0.5) is 0 Å². The number of carbonyl (C=O) groups excluding carboxylic acids is 1. The molecule has 2 heterocycles. The van der Waals surface area contributed by atoms with Gasteiger partial charge in [-0.25, -0.2) is 5.43 Å². The zero-order valence-corrected chi connectivity index (χ0v) is 22.9. The number of hydrogen-bond acceptors (Lipinski definition) is 8. The van der Waals surface area contributed by atoms with Crippen molar-refractivity contribution in [2.75, 3.05) is 19.0 Å². The molecule has 2 aromatic carbocycles. The molecule has 10 heteroatoms. The van der Waals surface area contributed by atoms with Gasteiger partial charge in [-0.2, -0.15) is 5.10 Å². The summed E-state index contributed by atoms with van der Waals surface area (Å²) in [5.41, 5.74) is 5.10. The highest BCUT2D eigenvalue weighted by molar-refractivity contribution is 7.99. The summed E-state index contributed by atoms with van der Waals surface area (Å²) in [6.45, 7) is 5.41. The zero-order valence-electron chi connectivity index (χ0n) is 22.1. The van der Waals surface area contributed by atoms with Crippen molar-refractivity contribution in [3.8, 4) is 28.6 Å². The van der Waals surface area contributed by atoms with Gasteiger partial charge < -0.3 is 9.47 Å². The first-order chi connectivity index (χ1) is 19.2. The van der Waals surface area contributed by atoms with Gasteiger partial charge >= 0.3 is 0 Å². The molecule has 0 saturated heterocycles. The molecule has 0 aliphatic heterocycles. The minimum Gasteiger partial charge on any atom is -0.494 e. The van der Waals surface area contributed by atoms with Gasteiger partial charge in [-0.1, -0.05) is 31.5 Å². The van der Waals surface area contributed by atoms with E-state index in [0.717, 1.165) is 41.2 Å². The fourth-order valence-corrected chi connectivity index (χ4v) is 4.41. The van der Waals surface area contributed by atoms with Gasteiger partial charge in [0.25, 0.3) is 5.91 Å². The molecule has 2 aromatic heterocycles. The Labute approximate surface area is 232 Å². The van der Waals surface area contributed by atoms with E-state index in [1.165, 1.54) is 18.2 Å². The number of carbonyl (C=O) groups is 1. The molecule has 1 amide bonds. The Balaban J connectivity index is 1.38. The van der Waals surface area contributed by atoms with Crippen molar-refractivity contribution in [3.63, 3.8) is 0 Å². The second-order valence-corrected chi connectivity index (χ2v) is 9.46. The fraction of sp³-hybridized carbons (Fsp3) is 0.276. The van der Waals surface area contributed by atoms with Crippen LogP contribution in [0.15, 0.2) is 83.3 Å². The number of benzene rings is 2. The summed E-state index contributed by atoms with van der Waals surface area (Å²) in [7, 11) is 0. The Kier molecular flexibility index (Phi) is 10.5. The van der Waals surface area contributed by atoms with E-state index in [1.807, 2.05) is 72.2 Å². The molecule has 4 rings (SSSR count). The molecular weight excluding hydrogens is 512 g/mol. The third kappa shape index (κ3) is 8.15. The second-order valence-electron chi connectivity index (χ2n) is 8.52. The highest BCUT2D eigenvalue weighted by Gasteiger charge is 2.17. The smallest absolute Gasteiger partial charge is 0.250 e. The Bertz CT molecular complexity index is 1340. The molecule has 0 atom stereocenters. The molecule has 0 bridgehead atoms. The van der Waals surface area contributed by atoms with Gasteiger partial charge in [0.1, 0.15) is 11.5 Å². The molecule has 0 aliphatic carbocycles. The number of nitrogens with one attached hydrogen (secondary N) is 1. The van der Waals surface area contributed by atoms with E-state index in [9.17, 15) is 4.79 Å². The van der Waals surface area contributed by atoms with Gasteiger partial charge in [-0.15, -0.1) is 10.2 Å². The quantitative estimate of drug-likeness (QED) is 0.0962. The van der Waals surface area contributed by atoms with Crippen molar-refractivity contribution in [2.24, 2.45) is 5.10 Å². The van der Waals surface area contributed by atoms with Crippen LogP contribution >= 0.6 is 11.8 Å². The van der Waals surface area contributed by atoms with Crippen molar-refractivity contribution in [2.45, 2.75) is 38.3 Å². The van der Waals surface area contributed by atoms with Gasteiger partial charge in [0, 0.05) is 23.6 Å². The van der Waals surface area contributed by atoms with Crippen LogP contribution in [0, 0.1) is 0 Å². The number of unbranched alkanes of at least 4 members (excludes halogenated alkanes) is 2. The summed E-state index contributed by atoms with van der Waals surface area (Å²) < 4.78 is 13.2. The summed E-state index contributed by atoms with van der Waals surface area (Å²) in [5, 5.41) is 13.4. The van der Waals surface area contributed by atoms with Crippen LogP contribution in [0.5, 0.6) is 11.5 Å². The largest absolute Gasteiger partial charge is 0.494 e. The predicted molar refractivity (Wildman–Crippen MR) is 154 cm³/mol. The second kappa shape index (κ2) is 14.7. The number of ether oxygens (including phenoxy) is 2. The maximum Gasteiger partial charge on any atom is 0.250 e. The molecule has 39 heavy (non-hydrogen) atoms. The molecule has 0 spiro atoms. The van der Waals surface area contributed by atoms with Crippen molar-refractivity contribution in [1.29, 1.82) is 0 Å². The minimum absolute atomic E-state index is 0.115. The van der Waals surface area contributed by atoms with Crippen molar-refractivity contribution in [1.82, 2.24) is 25.2 Å². The lowest BCUT2D eigenvalue weighted by atomic mass is 10.2. The fourth-order valence-electron chi connectivity index (χ4n) is 3.67.